The van der Waals surface area contributed by atoms with E-state index < -0.39 is 10.0 Å². The number of nitrogens with zero attached hydrogens (tertiary/aromatic N) is 1. The molecule has 1 amide bonds. The van der Waals surface area contributed by atoms with Gasteiger partial charge in [0.2, 0.25) is 5.91 Å². The molecule has 6 nitrogen and oxygen atoms in total. The lowest BCUT2D eigenvalue weighted by atomic mass is 10.1. The molecule has 24 heavy (non-hydrogen) atoms. The summed E-state index contributed by atoms with van der Waals surface area (Å²) in [6, 6.07) is 15.3. The zero-order chi connectivity index (χ0) is 17.6. The fourth-order valence-electron chi connectivity index (χ4n) is 2.07. The maximum absolute atomic E-state index is 12.3. The van der Waals surface area contributed by atoms with Crippen LogP contribution in [0.2, 0.25) is 0 Å². The largest absolute Gasteiger partial charge is 0.326 e. The lowest BCUT2D eigenvalue weighted by Crippen LogP contribution is -2.20. The van der Waals surface area contributed by atoms with Crippen molar-refractivity contribution in [3.8, 4) is 0 Å². The Morgan fingerprint density at radius 3 is 2.21 bits per heavy atom. The van der Waals surface area contributed by atoms with Crippen molar-refractivity contribution in [2.24, 2.45) is 5.10 Å². The number of carbonyl (C=O) groups is 1. The first-order valence-electron chi connectivity index (χ1n) is 7.44. The van der Waals surface area contributed by atoms with Gasteiger partial charge in [-0.3, -0.25) is 4.79 Å². The van der Waals surface area contributed by atoms with Crippen molar-refractivity contribution >= 4 is 27.3 Å². The Morgan fingerprint density at radius 1 is 1.04 bits per heavy atom. The maximum Gasteiger partial charge on any atom is 0.276 e. The zero-order valence-corrected chi connectivity index (χ0v) is 14.3. The number of rotatable bonds is 6. The molecule has 0 fully saturated rings. The average molecular weight is 345 g/mol. The molecule has 0 atom stereocenters. The highest BCUT2D eigenvalue weighted by molar-refractivity contribution is 7.89. The smallest absolute Gasteiger partial charge is 0.276 e. The van der Waals surface area contributed by atoms with Crippen LogP contribution in [0.25, 0.3) is 0 Å². The van der Waals surface area contributed by atoms with Crippen molar-refractivity contribution in [2.45, 2.75) is 25.2 Å². The molecule has 2 rings (SSSR count). The number of benzene rings is 2. The predicted octanol–water partition coefficient (Wildman–Crippen LogP) is 2.74. The van der Waals surface area contributed by atoms with Crippen LogP contribution < -0.4 is 10.1 Å². The number of nitrogens with one attached hydrogen (secondary N) is 2. The quantitative estimate of drug-likeness (QED) is 0.623. The van der Waals surface area contributed by atoms with Crippen molar-refractivity contribution in [3.05, 3.63) is 60.2 Å². The summed E-state index contributed by atoms with van der Waals surface area (Å²) in [5, 5.41) is 6.62. The molecule has 0 spiro atoms. The standard InChI is InChI=1S/C17H19N3O3S/c1-3-17(14-7-5-4-6-8-14)19-20-24(22,23)16-11-9-15(10-12-16)18-13(2)21/h4-12,20H,3H2,1-2H3,(H,18,21). The molecule has 7 heteroatoms. The molecular weight excluding hydrogens is 326 g/mol. The first-order chi connectivity index (χ1) is 11.4. The van der Waals surface area contributed by atoms with E-state index in [1.54, 1.807) is 0 Å². The third-order valence-electron chi connectivity index (χ3n) is 3.23. The summed E-state index contributed by atoms with van der Waals surface area (Å²) in [5.74, 6) is -0.219. The summed E-state index contributed by atoms with van der Waals surface area (Å²) >= 11 is 0. The van der Waals surface area contributed by atoms with Gasteiger partial charge in [0.25, 0.3) is 10.0 Å². The Morgan fingerprint density at radius 2 is 1.67 bits per heavy atom. The van der Waals surface area contributed by atoms with Crippen molar-refractivity contribution in [2.75, 3.05) is 5.32 Å². The van der Waals surface area contributed by atoms with Gasteiger partial charge in [0.1, 0.15) is 0 Å². The molecule has 0 saturated carbocycles. The molecule has 126 valence electrons. The molecule has 0 aliphatic carbocycles. The van der Waals surface area contributed by atoms with E-state index in [0.29, 0.717) is 17.8 Å². The average Bonchev–Trinajstić information content (AvgIpc) is 2.56. The molecule has 0 unspecified atom stereocenters. The molecule has 0 aliphatic rings. The van der Waals surface area contributed by atoms with E-state index in [2.05, 4.69) is 15.2 Å². The van der Waals surface area contributed by atoms with E-state index in [9.17, 15) is 13.2 Å². The fraction of sp³-hybridized carbons (Fsp3) is 0.176. The van der Waals surface area contributed by atoms with Gasteiger partial charge < -0.3 is 5.32 Å². The van der Waals surface area contributed by atoms with Crippen LogP contribution in [0.5, 0.6) is 0 Å². The third kappa shape index (κ3) is 4.66. The minimum Gasteiger partial charge on any atom is -0.326 e. The molecule has 0 radical (unpaired) electrons. The second-order valence-electron chi connectivity index (χ2n) is 5.08. The van der Waals surface area contributed by atoms with Crippen LogP contribution in [0.15, 0.2) is 64.6 Å². The predicted molar refractivity (Wildman–Crippen MR) is 94.3 cm³/mol. The summed E-state index contributed by atoms with van der Waals surface area (Å²) in [6.07, 6.45) is 0.591. The van der Waals surface area contributed by atoms with Crippen molar-refractivity contribution in [1.82, 2.24) is 4.83 Å². The van der Waals surface area contributed by atoms with Crippen LogP contribution in [0.3, 0.4) is 0 Å². The first-order valence-corrected chi connectivity index (χ1v) is 8.92. The van der Waals surface area contributed by atoms with E-state index in [1.807, 2.05) is 37.3 Å². The Labute approximate surface area is 141 Å². The van der Waals surface area contributed by atoms with Crippen LogP contribution in [0, 0.1) is 0 Å². The Kier molecular flexibility index (Phi) is 5.70. The molecule has 2 N–H and O–H groups in total. The Balaban J connectivity index is 2.18. The summed E-state index contributed by atoms with van der Waals surface area (Å²) < 4.78 is 24.6. The van der Waals surface area contributed by atoms with Crippen LogP contribution in [-0.2, 0) is 14.8 Å². The van der Waals surface area contributed by atoms with Crippen LogP contribution in [0.4, 0.5) is 5.69 Å². The highest BCUT2D eigenvalue weighted by Gasteiger charge is 2.13. The zero-order valence-electron chi connectivity index (χ0n) is 13.5. The number of carbonyl (C=O) groups excluding carboxylic acids is 1. The van der Waals surface area contributed by atoms with Crippen molar-refractivity contribution in [1.29, 1.82) is 0 Å². The van der Waals surface area contributed by atoms with Gasteiger partial charge in [-0.25, -0.2) is 0 Å². The fourth-order valence-corrected chi connectivity index (χ4v) is 2.90. The second-order valence-corrected chi connectivity index (χ2v) is 6.74. The number of amides is 1. The van der Waals surface area contributed by atoms with Crippen molar-refractivity contribution in [3.63, 3.8) is 0 Å². The normalized spacial score (nSPS) is 11.8. The summed E-state index contributed by atoms with van der Waals surface area (Å²) in [7, 11) is -3.77. The summed E-state index contributed by atoms with van der Waals surface area (Å²) in [6.45, 7) is 3.29. The van der Waals surface area contributed by atoms with Gasteiger partial charge >= 0.3 is 0 Å². The molecule has 0 saturated heterocycles. The number of hydrogen-bond acceptors (Lipinski definition) is 4. The van der Waals surface area contributed by atoms with Gasteiger partial charge in [-0.05, 0) is 36.2 Å². The van der Waals surface area contributed by atoms with Gasteiger partial charge in [0, 0.05) is 12.6 Å². The van der Waals surface area contributed by atoms with E-state index in [1.165, 1.54) is 31.2 Å². The lowest BCUT2D eigenvalue weighted by molar-refractivity contribution is -0.114. The lowest BCUT2D eigenvalue weighted by Gasteiger charge is -2.08. The molecule has 0 bridgehead atoms. The highest BCUT2D eigenvalue weighted by Crippen LogP contribution is 2.14. The number of hydrogen-bond donors (Lipinski definition) is 2. The van der Waals surface area contributed by atoms with Crippen LogP contribution in [-0.4, -0.2) is 20.0 Å². The molecule has 0 heterocycles. The molecule has 2 aromatic rings. The van der Waals surface area contributed by atoms with Gasteiger partial charge in [-0.2, -0.15) is 18.4 Å². The highest BCUT2D eigenvalue weighted by atomic mass is 32.2. The van der Waals surface area contributed by atoms with E-state index >= 15 is 0 Å². The maximum atomic E-state index is 12.3. The Hall–Kier alpha value is -2.67. The molecule has 2 aromatic carbocycles. The van der Waals surface area contributed by atoms with E-state index in [0.717, 1.165) is 5.56 Å². The molecule has 0 aromatic heterocycles. The molecule has 0 aliphatic heterocycles. The number of anilines is 1. The monoisotopic (exact) mass is 345 g/mol. The summed E-state index contributed by atoms with van der Waals surface area (Å²) in [5.41, 5.74) is 2.04. The van der Waals surface area contributed by atoms with Crippen LogP contribution in [0.1, 0.15) is 25.8 Å². The Bertz CT molecular complexity index is 829. The van der Waals surface area contributed by atoms with E-state index in [-0.39, 0.29) is 10.8 Å². The minimum atomic E-state index is -3.77. The van der Waals surface area contributed by atoms with Gasteiger partial charge in [0.15, 0.2) is 0 Å². The first kappa shape index (κ1) is 17.7. The third-order valence-corrected chi connectivity index (χ3v) is 4.45. The van der Waals surface area contributed by atoms with E-state index in [4.69, 9.17) is 0 Å². The number of hydrazone groups is 1. The molecular formula is C17H19N3O3S. The van der Waals surface area contributed by atoms with Crippen LogP contribution >= 0.6 is 0 Å². The minimum absolute atomic E-state index is 0.0730. The SMILES string of the molecule is CCC(=NNS(=O)(=O)c1ccc(NC(C)=O)cc1)c1ccccc1. The van der Waals surface area contributed by atoms with Gasteiger partial charge in [-0.1, -0.05) is 37.3 Å². The van der Waals surface area contributed by atoms with Gasteiger partial charge in [0.05, 0.1) is 10.6 Å². The summed E-state index contributed by atoms with van der Waals surface area (Å²) in [4.78, 5) is 13.3. The van der Waals surface area contributed by atoms with Crippen molar-refractivity contribution < 1.29 is 13.2 Å². The topological polar surface area (TPSA) is 87.6 Å². The number of sulfonamides is 1. The van der Waals surface area contributed by atoms with Gasteiger partial charge in [-0.15, -0.1) is 0 Å². The second kappa shape index (κ2) is 7.74.